The van der Waals surface area contributed by atoms with Gasteiger partial charge in [0, 0.05) is 29.9 Å². The first-order chi connectivity index (χ1) is 15.1. The van der Waals surface area contributed by atoms with Crippen molar-refractivity contribution in [1.82, 2.24) is 4.90 Å². The van der Waals surface area contributed by atoms with Crippen LogP contribution in [0.5, 0.6) is 0 Å². The fourth-order valence-corrected chi connectivity index (χ4v) is 4.91. The maximum absolute atomic E-state index is 13.0. The molecule has 11 nitrogen and oxygen atoms in total. The van der Waals surface area contributed by atoms with Crippen LogP contribution in [-0.4, -0.2) is 41.8 Å². The lowest BCUT2D eigenvalue weighted by Gasteiger charge is -2.12. The summed E-state index contributed by atoms with van der Waals surface area (Å²) in [4.78, 5) is 42.0. The molecule has 2 heterocycles. The van der Waals surface area contributed by atoms with Gasteiger partial charge in [-0.2, -0.15) is 0 Å². The number of carbonyl (C=O) groups is 2. The Kier molecular flexibility index (Phi) is 5.32. The maximum atomic E-state index is 13.0. The summed E-state index contributed by atoms with van der Waals surface area (Å²) in [5.41, 5.74) is 0.875. The van der Waals surface area contributed by atoms with Crippen LogP contribution in [0.15, 0.2) is 57.3 Å². The van der Waals surface area contributed by atoms with Gasteiger partial charge in [-0.05, 0) is 49.0 Å². The van der Waals surface area contributed by atoms with Gasteiger partial charge in [-0.3, -0.25) is 24.6 Å². The maximum Gasteiger partial charge on any atom is 0.270 e. The largest absolute Gasteiger partial charge is 0.321 e. The zero-order valence-corrected chi connectivity index (χ0v) is 18.1. The molecule has 1 fully saturated rings. The van der Waals surface area contributed by atoms with Crippen molar-refractivity contribution < 1.29 is 22.9 Å². The number of benzene rings is 2. The Morgan fingerprint density at radius 2 is 1.88 bits per heavy atom. The fraction of sp³-hybridized carbons (Fsp3) is 0.105. The smallest absolute Gasteiger partial charge is 0.270 e. The standard InChI is InChI=1S/C19H15N5O6S2/c1-2-23-18(26)16(15-13-9-11(24(27)28)5-8-14(13)22-17(15)25)31-19(23)21-10-3-6-12(7-4-10)32(20,29)30/h3-9H,2H2,1H3,(H,22,25)(H2,20,29,30)/b16-15-,21-19-. The summed E-state index contributed by atoms with van der Waals surface area (Å²) in [6, 6.07) is 9.42. The van der Waals surface area contributed by atoms with E-state index in [9.17, 15) is 28.1 Å². The number of rotatable bonds is 4. The molecule has 4 rings (SSSR count). The zero-order chi connectivity index (χ0) is 23.2. The topological polar surface area (TPSA) is 165 Å². The second-order valence-corrected chi connectivity index (χ2v) is 9.27. The van der Waals surface area contributed by atoms with E-state index in [1.165, 1.54) is 47.4 Å². The Morgan fingerprint density at radius 3 is 2.47 bits per heavy atom. The number of hydrogen-bond donors (Lipinski definition) is 2. The van der Waals surface area contributed by atoms with Gasteiger partial charge >= 0.3 is 0 Å². The second-order valence-electron chi connectivity index (χ2n) is 6.73. The van der Waals surface area contributed by atoms with E-state index >= 15 is 0 Å². The first-order valence-electron chi connectivity index (χ1n) is 9.16. The van der Waals surface area contributed by atoms with Crippen molar-refractivity contribution in [2.45, 2.75) is 11.8 Å². The molecule has 2 aromatic carbocycles. The molecule has 2 amide bonds. The number of primary sulfonamides is 1. The number of nitrogens with two attached hydrogens (primary N) is 1. The zero-order valence-electron chi connectivity index (χ0n) is 16.4. The molecule has 2 aromatic rings. The number of aliphatic imine (C=N–C) groups is 1. The van der Waals surface area contributed by atoms with Gasteiger partial charge < -0.3 is 5.32 Å². The molecule has 0 saturated carbocycles. The highest BCUT2D eigenvalue weighted by Gasteiger charge is 2.40. The van der Waals surface area contributed by atoms with Gasteiger partial charge in [0.05, 0.1) is 26.0 Å². The van der Waals surface area contributed by atoms with Crippen LogP contribution in [0.2, 0.25) is 0 Å². The molecule has 2 aliphatic heterocycles. The number of anilines is 1. The van der Waals surface area contributed by atoms with E-state index in [1.54, 1.807) is 6.92 Å². The number of nitrogens with one attached hydrogen (secondary N) is 1. The van der Waals surface area contributed by atoms with Crippen LogP contribution >= 0.6 is 11.8 Å². The predicted molar refractivity (Wildman–Crippen MR) is 119 cm³/mol. The van der Waals surface area contributed by atoms with Gasteiger partial charge in [-0.25, -0.2) is 18.5 Å². The normalized spacial score (nSPS) is 19.4. The van der Waals surface area contributed by atoms with Gasteiger partial charge in [-0.15, -0.1) is 0 Å². The van der Waals surface area contributed by atoms with E-state index in [-0.39, 0.29) is 38.3 Å². The van der Waals surface area contributed by atoms with Crippen LogP contribution in [0, 0.1) is 10.1 Å². The highest BCUT2D eigenvalue weighted by atomic mass is 32.2. The van der Waals surface area contributed by atoms with Gasteiger partial charge in [0.15, 0.2) is 5.17 Å². The van der Waals surface area contributed by atoms with E-state index in [0.29, 0.717) is 11.4 Å². The van der Waals surface area contributed by atoms with Crippen molar-refractivity contribution >= 4 is 61.4 Å². The molecule has 0 atom stereocenters. The predicted octanol–water partition coefficient (Wildman–Crippen LogP) is 2.19. The van der Waals surface area contributed by atoms with Crippen molar-refractivity contribution in [2.75, 3.05) is 11.9 Å². The number of fused-ring (bicyclic) bond motifs is 1. The van der Waals surface area contributed by atoms with Crippen LogP contribution in [0.3, 0.4) is 0 Å². The van der Waals surface area contributed by atoms with E-state index in [2.05, 4.69) is 10.3 Å². The van der Waals surface area contributed by atoms with Crippen LogP contribution in [-0.2, 0) is 19.6 Å². The second kappa shape index (κ2) is 7.85. The van der Waals surface area contributed by atoms with Crippen LogP contribution in [0.1, 0.15) is 12.5 Å². The Bertz CT molecular complexity index is 1350. The first-order valence-corrected chi connectivity index (χ1v) is 11.5. The number of likely N-dealkylation sites (N-methyl/N-ethyl adjacent to an activating group) is 1. The molecule has 164 valence electrons. The summed E-state index contributed by atoms with van der Waals surface area (Å²) < 4.78 is 22.8. The number of amidine groups is 1. The number of thioether (sulfide) groups is 1. The van der Waals surface area contributed by atoms with Crippen molar-refractivity contribution in [3.63, 3.8) is 0 Å². The molecular formula is C19H15N5O6S2. The van der Waals surface area contributed by atoms with E-state index in [0.717, 1.165) is 11.8 Å². The number of nitro groups is 1. The van der Waals surface area contributed by atoms with Crippen LogP contribution < -0.4 is 10.5 Å². The number of sulfonamides is 1. The van der Waals surface area contributed by atoms with Crippen LogP contribution in [0.25, 0.3) is 5.57 Å². The van der Waals surface area contributed by atoms with Gasteiger partial charge in [0.25, 0.3) is 17.5 Å². The van der Waals surface area contributed by atoms with E-state index in [4.69, 9.17) is 5.14 Å². The van der Waals surface area contributed by atoms with Crippen molar-refractivity contribution in [3.8, 4) is 0 Å². The third-order valence-corrected chi connectivity index (χ3v) is 6.76. The third kappa shape index (κ3) is 3.77. The highest BCUT2D eigenvalue weighted by Crippen LogP contribution is 2.43. The lowest BCUT2D eigenvalue weighted by molar-refractivity contribution is -0.384. The molecule has 13 heteroatoms. The Hall–Kier alpha value is -3.55. The summed E-state index contributed by atoms with van der Waals surface area (Å²) in [7, 11) is -3.85. The van der Waals surface area contributed by atoms with E-state index < -0.39 is 26.8 Å². The average molecular weight is 473 g/mol. The van der Waals surface area contributed by atoms with Gasteiger partial charge in [0.1, 0.15) is 0 Å². The molecule has 0 aliphatic carbocycles. The first kappa shape index (κ1) is 21.7. The quantitative estimate of drug-likeness (QED) is 0.390. The van der Waals surface area contributed by atoms with Crippen molar-refractivity contribution in [2.24, 2.45) is 10.1 Å². The molecule has 1 saturated heterocycles. The minimum absolute atomic E-state index is 0.0481. The Balaban J connectivity index is 1.77. The SMILES string of the molecule is CCN1C(=O)/C(=C2/C(=O)Nc3ccc([N+](=O)[O-])cc32)S/C1=N\c1ccc(S(N)(=O)=O)cc1. The monoisotopic (exact) mass is 473 g/mol. The van der Waals surface area contributed by atoms with Crippen molar-refractivity contribution in [1.29, 1.82) is 0 Å². The molecule has 3 N–H and O–H groups in total. The summed E-state index contributed by atoms with van der Waals surface area (Å²) in [5.74, 6) is -0.993. The molecule has 0 spiro atoms. The molecule has 32 heavy (non-hydrogen) atoms. The fourth-order valence-electron chi connectivity index (χ4n) is 3.23. The van der Waals surface area contributed by atoms with E-state index in [1.807, 2.05) is 0 Å². The summed E-state index contributed by atoms with van der Waals surface area (Å²) in [6.07, 6.45) is 0. The third-order valence-electron chi connectivity index (χ3n) is 4.76. The lowest BCUT2D eigenvalue weighted by Crippen LogP contribution is -2.29. The number of hydrogen-bond acceptors (Lipinski definition) is 8. The molecule has 0 radical (unpaired) electrons. The van der Waals surface area contributed by atoms with Gasteiger partial charge in [0.2, 0.25) is 10.0 Å². The Labute approximate surface area is 186 Å². The summed E-state index contributed by atoms with van der Waals surface area (Å²) >= 11 is 0.967. The summed E-state index contributed by atoms with van der Waals surface area (Å²) in [5, 5.41) is 19.2. The molecule has 0 aromatic heterocycles. The molecular weight excluding hydrogens is 458 g/mol. The lowest BCUT2D eigenvalue weighted by atomic mass is 10.1. The van der Waals surface area contributed by atoms with Crippen molar-refractivity contribution in [3.05, 3.63) is 63.0 Å². The molecule has 2 aliphatic rings. The highest BCUT2D eigenvalue weighted by molar-refractivity contribution is 8.18. The minimum atomic E-state index is -3.85. The number of nitrogens with zero attached hydrogens (tertiary/aromatic N) is 3. The van der Waals surface area contributed by atoms with Gasteiger partial charge in [-0.1, -0.05) is 0 Å². The Morgan fingerprint density at radius 1 is 1.19 bits per heavy atom. The number of carbonyl (C=O) groups excluding carboxylic acids is 2. The number of non-ortho nitro benzene ring substituents is 1. The number of amides is 2. The average Bonchev–Trinajstić information content (AvgIpc) is 3.21. The van der Waals surface area contributed by atoms with Crippen LogP contribution in [0.4, 0.5) is 17.1 Å². The number of nitro benzene ring substituents is 1. The molecule has 0 bridgehead atoms. The minimum Gasteiger partial charge on any atom is -0.321 e. The molecule has 0 unspecified atom stereocenters. The summed E-state index contributed by atoms with van der Waals surface area (Å²) in [6.45, 7) is 2.00.